The summed E-state index contributed by atoms with van der Waals surface area (Å²) in [6.45, 7) is 1.60. The Hall–Kier alpha value is -1.75. The molecular formula is C11H16N2O3. The van der Waals surface area contributed by atoms with Gasteiger partial charge in [0.1, 0.15) is 5.75 Å². The summed E-state index contributed by atoms with van der Waals surface area (Å²) in [6.07, 6.45) is 0. The van der Waals surface area contributed by atoms with E-state index in [-0.39, 0.29) is 18.6 Å². The number of aliphatic hydroxyl groups excluding tert-OH is 1. The molecule has 0 saturated carbocycles. The number of methoxy groups -OCH3 is 1. The number of nitrogens with two attached hydrogens (primary N) is 1. The van der Waals surface area contributed by atoms with Crippen LogP contribution in [0, 0.1) is 0 Å². The molecule has 88 valence electrons. The second-order valence-corrected chi connectivity index (χ2v) is 3.51. The Morgan fingerprint density at radius 2 is 2.31 bits per heavy atom. The van der Waals surface area contributed by atoms with Crippen molar-refractivity contribution in [3.05, 3.63) is 23.8 Å². The third kappa shape index (κ3) is 2.87. The minimum atomic E-state index is -0.304. The molecule has 1 amide bonds. The van der Waals surface area contributed by atoms with Crippen LogP contribution >= 0.6 is 0 Å². The van der Waals surface area contributed by atoms with Crippen molar-refractivity contribution in [2.45, 2.75) is 13.0 Å². The van der Waals surface area contributed by atoms with Crippen LogP contribution in [-0.2, 0) is 0 Å². The van der Waals surface area contributed by atoms with Crippen LogP contribution in [0.5, 0.6) is 5.75 Å². The van der Waals surface area contributed by atoms with Crippen LogP contribution < -0.4 is 15.8 Å². The molecule has 5 nitrogen and oxygen atoms in total. The van der Waals surface area contributed by atoms with E-state index in [9.17, 15) is 4.79 Å². The van der Waals surface area contributed by atoms with Crippen LogP contribution in [-0.4, -0.2) is 30.8 Å². The first-order valence-electron chi connectivity index (χ1n) is 4.93. The van der Waals surface area contributed by atoms with E-state index in [0.29, 0.717) is 17.0 Å². The van der Waals surface area contributed by atoms with Gasteiger partial charge in [0.25, 0.3) is 5.91 Å². The zero-order valence-corrected chi connectivity index (χ0v) is 9.36. The molecule has 0 aliphatic rings. The lowest BCUT2D eigenvalue weighted by Gasteiger charge is -2.12. The van der Waals surface area contributed by atoms with Gasteiger partial charge in [0, 0.05) is 17.8 Å². The van der Waals surface area contributed by atoms with Crippen molar-refractivity contribution in [3.63, 3.8) is 0 Å². The normalized spacial score (nSPS) is 11.9. The summed E-state index contributed by atoms with van der Waals surface area (Å²) in [6, 6.07) is 4.54. The number of ether oxygens (including phenoxy) is 1. The molecular weight excluding hydrogens is 208 g/mol. The number of amides is 1. The molecule has 5 heteroatoms. The minimum Gasteiger partial charge on any atom is -0.497 e. The average Bonchev–Trinajstić information content (AvgIpc) is 2.28. The van der Waals surface area contributed by atoms with Crippen molar-refractivity contribution < 1.29 is 14.6 Å². The van der Waals surface area contributed by atoms with E-state index in [4.69, 9.17) is 15.6 Å². The molecule has 1 atom stereocenters. The van der Waals surface area contributed by atoms with Crippen molar-refractivity contribution in [1.82, 2.24) is 5.32 Å². The van der Waals surface area contributed by atoms with Crippen LogP contribution in [0.2, 0.25) is 0 Å². The average molecular weight is 224 g/mol. The number of rotatable bonds is 4. The number of nitrogen functional groups attached to an aromatic ring is 1. The number of carbonyl (C=O) groups excluding carboxylic acids is 1. The fraction of sp³-hybridized carbons (Fsp3) is 0.364. The zero-order valence-electron chi connectivity index (χ0n) is 9.36. The third-order valence-corrected chi connectivity index (χ3v) is 2.15. The maximum Gasteiger partial charge on any atom is 0.253 e. The van der Waals surface area contributed by atoms with Crippen LogP contribution in [0.4, 0.5) is 5.69 Å². The maximum atomic E-state index is 11.7. The SMILES string of the molecule is COc1ccc(C(=O)N[C@@H](C)CO)c(N)c1. The van der Waals surface area contributed by atoms with Gasteiger partial charge in [-0.3, -0.25) is 4.79 Å². The number of anilines is 1. The molecule has 0 aromatic heterocycles. The van der Waals surface area contributed by atoms with Gasteiger partial charge < -0.3 is 20.9 Å². The lowest BCUT2D eigenvalue weighted by atomic mass is 10.1. The fourth-order valence-electron chi connectivity index (χ4n) is 1.22. The minimum absolute atomic E-state index is 0.109. The second-order valence-electron chi connectivity index (χ2n) is 3.51. The summed E-state index contributed by atoms with van der Waals surface area (Å²) in [5.74, 6) is 0.297. The number of aliphatic hydroxyl groups is 1. The van der Waals surface area contributed by atoms with Gasteiger partial charge in [-0.15, -0.1) is 0 Å². The summed E-state index contributed by atoms with van der Waals surface area (Å²) >= 11 is 0. The van der Waals surface area contributed by atoms with E-state index in [0.717, 1.165) is 0 Å². The van der Waals surface area contributed by atoms with Crippen LogP contribution in [0.3, 0.4) is 0 Å². The smallest absolute Gasteiger partial charge is 0.253 e. The van der Waals surface area contributed by atoms with E-state index < -0.39 is 0 Å². The van der Waals surface area contributed by atoms with Gasteiger partial charge >= 0.3 is 0 Å². The fourth-order valence-corrected chi connectivity index (χ4v) is 1.22. The number of carbonyl (C=O) groups is 1. The molecule has 0 bridgehead atoms. The molecule has 1 aromatic carbocycles. The van der Waals surface area contributed by atoms with Gasteiger partial charge in [-0.05, 0) is 19.1 Å². The van der Waals surface area contributed by atoms with E-state index in [1.807, 2.05) is 0 Å². The van der Waals surface area contributed by atoms with Gasteiger partial charge in [0.15, 0.2) is 0 Å². The molecule has 4 N–H and O–H groups in total. The Labute approximate surface area is 94.2 Å². The van der Waals surface area contributed by atoms with Crippen LogP contribution in [0.25, 0.3) is 0 Å². The van der Waals surface area contributed by atoms with Crippen molar-refractivity contribution in [1.29, 1.82) is 0 Å². The van der Waals surface area contributed by atoms with Crippen molar-refractivity contribution >= 4 is 11.6 Å². The monoisotopic (exact) mass is 224 g/mol. The van der Waals surface area contributed by atoms with Gasteiger partial charge in [-0.1, -0.05) is 0 Å². The molecule has 0 spiro atoms. The van der Waals surface area contributed by atoms with E-state index in [2.05, 4.69) is 5.32 Å². The quantitative estimate of drug-likeness (QED) is 0.646. The molecule has 0 radical (unpaired) electrons. The first-order chi connectivity index (χ1) is 7.58. The maximum absolute atomic E-state index is 11.7. The standard InChI is InChI=1S/C11H16N2O3/c1-7(6-14)13-11(15)9-4-3-8(16-2)5-10(9)12/h3-5,7,14H,6,12H2,1-2H3,(H,13,15)/t7-/m0/s1. The summed E-state index contributed by atoms with van der Waals surface area (Å²) in [5.41, 5.74) is 6.44. The van der Waals surface area contributed by atoms with Crippen LogP contribution in [0.15, 0.2) is 18.2 Å². The number of benzene rings is 1. The summed E-state index contributed by atoms with van der Waals surface area (Å²) in [5, 5.41) is 11.4. The highest BCUT2D eigenvalue weighted by Crippen LogP contribution is 2.19. The molecule has 0 fully saturated rings. The summed E-state index contributed by atoms with van der Waals surface area (Å²) < 4.78 is 4.98. The molecule has 0 unspecified atom stereocenters. The Morgan fingerprint density at radius 1 is 1.62 bits per heavy atom. The van der Waals surface area contributed by atoms with Gasteiger partial charge in [-0.25, -0.2) is 0 Å². The van der Waals surface area contributed by atoms with E-state index in [1.54, 1.807) is 25.1 Å². The molecule has 0 heterocycles. The highest BCUT2D eigenvalue weighted by Gasteiger charge is 2.12. The molecule has 1 aromatic rings. The highest BCUT2D eigenvalue weighted by molar-refractivity contribution is 5.99. The Morgan fingerprint density at radius 3 is 2.81 bits per heavy atom. The molecule has 0 saturated heterocycles. The molecule has 16 heavy (non-hydrogen) atoms. The van der Waals surface area contributed by atoms with Crippen LogP contribution in [0.1, 0.15) is 17.3 Å². The van der Waals surface area contributed by atoms with Gasteiger partial charge in [-0.2, -0.15) is 0 Å². The largest absolute Gasteiger partial charge is 0.497 e. The van der Waals surface area contributed by atoms with E-state index >= 15 is 0 Å². The molecule has 0 aliphatic carbocycles. The first-order valence-corrected chi connectivity index (χ1v) is 4.93. The topological polar surface area (TPSA) is 84.6 Å². The molecule has 0 aliphatic heterocycles. The summed E-state index contributed by atoms with van der Waals surface area (Å²) in [4.78, 5) is 11.7. The van der Waals surface area contributed by atoms with E-state index in [1.165, 1.54) is 7.11 Å². The number of hydrogen-bond acceptors (Lipinski definition) is 4. The number of nitrogens with one attached hydrogen (secondary N) is 1. The Kier molecular flexibility index (Phi) is 4.13. The first kappa shape index (κ1) is 12.3. The van der Waals surface area contributed by atoms with Crippen molar-refractivity contribution in [2.24, 2.45) is 0 Å². The third-order valence-electron chi connectivity index (χ3n) is 2.15. The summed E-state index contributed by atoms with van der Waals surface area (Å²) in [7, 11) is 1.53. The lowest BCUT2D eigenvalue weighted by molar-refractivity contribution is 0.0923. The predicted molar refractivity (Wildman–Crippen MR) is 61.4 cm³/mol. The lowest BCUT2D eigenvalue weighted by Crippen LogP contribution is -2.35. The zero-order chi connectivity index (χ0) is 12.1. The Balaban J connectivity index is 2.84. The van der Waals surface area contributed by atoms with Crippen molar-refractivity contribution in [3.8, 4) is 5.75 Å². The predicted octanol–water partition coefficient (Wildman–Crippen LogP) is 0.388. The van der Waals surface area contributed by atoms with Gasteiger partial charge in [0.05, 0.1) is 19.3 Å². The molecule has 1 rings (SSSR count). The Bertz CT molecular complexity index is 379. The van der Waals surface area contributed by atoms with Gasteiger partial charge in [0.2, 0.25) is 0 Å². The highest BCUT2D eigenvalue weighted by atomic mass is 16.5. The van der Waals surface area contributed by atoms with Crippen molar-refractivity contribution in [2.75, 3.05) is 19.5 Å². The second kappa shape index (κ2) is 5.37. The number of hydrogen-bond donors (Lipinski definition) is 3.